The minimum atomic E-state index is -3.03. The lowest BCUT2D eigenvalue weighted by Gasteiger charge is -2.26. The number of allylic oxidation sites excluding steroid dienone is 2. The SMILES string of the molecule is CC(C)c1cc(-c2cccnc2)cc2c1CC(N=S(N)(=O)c1ccc(CN(C)C)cc1)=CC2C. The first kappa shape index (κ1) is 24.3. The van der Waals surface area contributed by atoms with Crippen molar-refractivity contribution >= 4 is 9.92 Å². The van der Waals surface area contributed by atoms with Crippen LogP contribution in [0.1, 0.15) is 54.9 Å². The van der Waals surface area contributed by atoms with Gasteiger partial charge in [0.2, 0.25) is 0 Å². The van der Waals surface area contributed by atoms with Crippen molar-refractivity contribution in [3.8, 4) is 11.1 Å². The molecule has 2 atom stereocenters. The largest absolute Gasteiger partial charge is 0.305 e. The third-order valence-corrected chi connectivity index (χ3v) is 7.69. The number of nitrogens with two attached hydrogens (primary N) is 1. The highest BCUT2D eigenvalue weighted by atomic mass is 32.2. The van der Waals surface area contributed by atoms with Gasteiger partial charge in [0.25, 0.3) is 0 Å². The Balaban J connectivity index is 1.70. The van der Waals surface area contributed by atoms with E-state index in [1.807, 2.05) is 50.6 Å². The Morgan fingerprint density at radius 3 is 2.50 bits per heavy atom. The molecule has 178 valence electrons. The van der Waals surface area contributed by atoms with E-state index >= 15 is 0 Å². The zero-order valence-corrected chi connectivity index (χ0v) is 21.5. The molecule has 3 aromatic rings. The Morgan fingerprint density at radius 1 is 1.15 bits per heavy atom. The molecule has 34 heavy (non-hydrogen) atoms. The second-order valence-electron chi connectivity index (χ2n) is 9.69. The third kappa shape index (κ3) is 5.30. The minimum absolute atomic E-state index is 0.147. The van der Waals surface area contributed by atoms with Crippen LogP contribution in [0.15, 0.2) is 82.0 Å². The summed E-state index contributed by atoms with van der Waals surface area (Å²) in [4.78, 5) is 6.95. The Labute approximate surface area is 204 Å². The molecule has 1 aromatic heterocycles. The van der Waals surface area contributed by atoms with E-state index in [4.69, 9.17) is 5.14 Å². The van der Waals surface area contributed by atoms with Gasteiger partial charge in [-0.2, -0.15) is 4.36 Å². The molecule has 1 aliphatic carbocycles. The molecule has 0 amide bonds. The lowest BCUT2D eigenvalue weighted by Crippen LogP contribution is -2.16. The first-order chi connectivity index (χ1) is 16.1. The molecule has 4 rings (SSSR count). The number of benzene rings is 2. The molecule has 6 heteroatoms. The van der Waals surface area contributed by atoms with Gasteiger partial charge >= 0.3 is 0 Å². The van der Waals surface area contributed by atoms with Crippen LogP contribution in [-0.4, -0.2) is 28.2 Å². The van der Waals surface area contributed by atoms with Crippen LogP contribution < -0.4 is 5.14 Å². The maximum Gasteiger partial charge on any atom is 0.139 e. The topological polar surface area (TPSA) is 71.6 Å². The van der Waals surface area contributed by atoms with E-state index in [0.717, 1.165) is 23.4 Å². The summed E-state index contributed by atoms with van der Waals surface area (Å²) >= 11 is 0. The van der Waals surface area contributed by atoms with Crippen molar-refractivity contribution in [3.05, 3.63) is 95.0 Å². The van der Waals surface area contributed by atoms with Crippen LogP contribution in [0, 0.1) is 0 Å². The lowest BCUT2D eigenvalue weighted by atomic mass is 9.80. The Hall–Kier alpha value is -2.80. The Bertz CT molecular complexity index is 1320. The zero-order valence-electron chi connectivity index (χ0n) is 20.7. The van der Waals surface area contributed by atoms with E-state index in [-0.39, 0.29) is 5.92 Å². The van der Waals surface area contributed by atoms with Crippen molar-refractivity contribution in [2.24, 2.45) is 9.50 Å². The monoisotopic (exact) mass is 474 g/mol. The predicted molar refractivity (Wildman–Crippen MR) is 141 cm³/mol. The van der Waals surface area contributed by atoms with Crippen LogP contribution in [-0.2, 0) is 22.9 Å². The van der Waals surface area contributed by atoms with Gasteiger partial charge in [0.15, 0.2) is 0 Å². The molecule has 0 radical (unpaired) electrons. The number of nitrogens with zero attached hydrogens (tertiary/aromatic N) is 3. The fraction of sp³-hybridized carbons (Fsp3) is 0.321. The second-order valence-corrected chi connectivity index (χ2v) is 11.5. The molecule has 0 fully saturated rings. The molecular formula is C28H34N4OS. The van der Waals surface area contributed by atoms with Gasteiger partial charge in [-0.25, -0.2) is 9.35 Å². The highest BCUT2D eigenvalue weighted by Gasteiger charge is 2.23. The summed E-state index contributed by atoms with van der Waals surface area (Å²) < 4.78 is 18.0. The minimum Gasteiger partial charge on any atom is -0.305 e. The van der Waals surface area contributed by atoms with E-state index in [9.17, 15) is 4.21 Å². The summed E-state index contributed by atoms with van der Waals surface area (Å²) in [5, 5.41) is 6.29. The molecule has 0 saturated carbocycles. The van der Waals surface area contributed by atoms with Crippen molar-refractivity contribution in [2.75, 3.05) is 14.1 Å². The predicted octanol–water partition coefficient (Wildman–Crippen LogP) is 5.88. The molecule has 2 unspecified atom stereocenters. The first-order valence-electron chi connectivity index (χ1n) is 11.7. The van der Waals surface area contributed by atoms with E-state index in [1.54, 1.807) is 6.20 Å². The van der Waals surface area contributed by atoms with E-state index in [0.29, 0.717) is 17.2 Å². The third-order valence-electron chi connectivity index (χ3n) is 6.24. The van der Waals surface area contributed by atoms with Crippen LogP contribution in [0.4, 0.5) is 0 Å². The fourth-order valence-electron chi connectivity index (χ4n) is 4.61. The van der Waals surface area contributed by atoms with Crippen LogP contribution in [0.2, 0.25) is 0 Å². The molecule has 5 nitrogen and oxygen atoms in total. The molecule has 0 bridgehead atoms. The molecule has 0 saturated heterocycles. The van der Waals surface area contributed by atoms with Gasteiger partial charge in [-0.15, -0.1) is 0 Å². The fourth-order valence-corrected chi connectivity index (χ4v) is 5.71. The Morgan fingerprint density at radius 2 is 1.88 bits per heavy atom. The molecular weight excluding hydrogens is 440 g/mol. The number of hydrogen-bond donors (Lipinski definition) is 1. The second kappa shape index (κ2) is 9.82. The van der Waals surface area contributed by atoms with Crippen LogP contribution in [0.3, 0.4) is 0 Å². The molecule has 2 aromatic carbocycles. The summed E-state index contributed by atoms with van der Waals surface area (Å²) in [6, 6.07) is 16.2. The zero-order chi connectivity index (χ0) is 24.5. The molecule has 1 aliphatic rings. The number of hydrogen-bond acceptors (Lipinski definition) is 4. The van der Waals surface area contributed by atoms with Crippen LogP contribution >= 0.6 is 0 Å². The lowest BCUT2D eigenvalue weighted by molar-refractivity contribution is 0.402. The summed E-state index contributed by atoms with van der Waals surface area (Å²) in [6.45, 7) is 7.41. The van der Waals surface area contributed by atoms with Gasteiger partial charge in [-0.3, -0.25) is 4.98 Å². The Kier molecular flexibility index (Phi) is 7.03. The molecule has 0 aliphatic heterocycles. The summed E-state index contributed by atoms with van der Waals surface area (Å²) in [5.74, 6) is 0.498. The number of pyridine rings is 1. The smallest absolute Gasteiger partial charge is 0.139 e. The van der Waals surface area contributed by atoms with Gasteiger partial charge in [0.1, 0.15) is 9.92 Å². The van der Waals surface area contributed by atoms with Crippen molar-refractivity contribution in [3.63, 3.8) is 0 Å². The number of aromatic nitrogens is 1. The molecule has 1 heterocycles. The van der Waals surface area contributed by atoms with Crippen molar-refractivity contribution in [2.45, 2.75) is 50.5 Å². The van der Waals surface area contributed by atoms with E-state index in [1.165, 1.54) is 22.3 Å². The van der Waals surface area contributed by atoms with Crippen LogP contribution in [0.25, 0.3) is 11.1 Å². The van der Waals surface area contributed by atoms with Gasteiger partial charge < -0.3 is 4.90 Å². The van der Waals surface area contributed by atoms with Gasteiger partial charge in [-0.05, 0) is 66.0 Å². The average molecular weight is 475 g/mol. The quantitative estimate of drug-likeness (QED) is 0.485. The van der Waals surface area contributed by atoms with E-state index < -0.39 is 9.92 Å². The van der Waals surface area contributed by atoms with Crippen molar-refractivity contribution < 1.29 is 4.21 Å². The average Bonchev–Trinajstić information content (AvgIpc) is 2.79. The standard InChI is InChI=1S/C28H34N4OS/c1-19(2)26-14-23(22-7-6-12-30-17-22)15-27-20(3)13-24(16-28(26)27)31-34(29,33)25-10-8-21(9-11-25)18-32(4)5/h6-15,17,19-20H,16,18H2,1-5H3,(H2,29,31,33). The van der Waals surface area contributed by atoms with Gasteiger partial charge in [0, 0.05) is 36.8 Å². The van der Waals surface area contributed by atoms with E-state index in [2.05, 4.69) is 59.3 Å². The summed E-state index contributed by atoms with van der Waals surface area (Å²) in [5.41, 5.74) is 8.09. The molecule has 2 N–H and O–H groups in total. The van der Waals surface area contributed by atoms with Crippen molar-refractivity contribution in [1.29, 1.82) is 0 Å². The normalized spacial score (nSPS) is 17.3. The highest BCUT2D eigenvalue weighted by molar-refractivity contribution is 7.91. The number of rotatable bonds is 6. The highest BCUT2D eigenvalue weighted by Crippen LogP contribution is 2.39. The van der Waals surface area contributed by atoms with Gasteiger partial charge in [-0.1, -0.05) is 57.2 Å². The van der Waals surface area contributed by atoms with Gasteiger partial charge in [0.05, 0.1) is 10.6 Å². The van der Waals surface area contributed by atoms with Crippen LogP contribution in [0.5, 0.6) is 0 Å². The van der Waals surface area contributed by atoms with Crippen molar-refractivity contribution in [1.82, 2.24) is 9.88 Å². The maximum absolute atomic E-state index is 13.4. The maximum atomic E-state index is 13.4. The molecule has 0 spiro atoms. The summed E-state index contributed by atoms with van der Waals surface area (Å²) in [7, 11) is 1.02. The first-order valence-corrected chi connectivity index (χ1v) is 13.3. The summed E-state index contributed by atoms with van der Waals surface area (Å²) in [6.07, 6.45) is 6.44. The number of fused-ring (bicyclic) bond motifs is 1.